The summed E-state index contributed by atoms with van der Waals surface area (Å²) in [5.41, 5.74) is 3.33. The molecule has 180 valence electrons. The van der Waals surface area contributed by atoms with E-state index in [2.05, 4.69) is 11.8 Å². The third kappa shape index (κ3) is 4.30. The number of carbonyl (C=O) groups is 1. The number of hydrogen-bond acceptors (Lipinski definition) is 6. The molecule has 0 N–H and O–H groups in total. The van der Waals surface area contributed by atoms with E-state index < -0.39 is 0 Å². The summed E-state index contributed by atoms with van der Waals surface area (Å²) in [5, 5.41) is 0. The van der Waals surface area contributed by atoms with E-state index in [0.717, 1.165) is 39.9 Å². The summed E-state index contributed by atoms with van der Waals surface area (Å²) in [6.45, 7) is 5.95. The monoisotopic (exact) mass is 471 g/mol. The highest BCUT2D eigenvalue weighted by molar-refractivity contribution is 6.04. The van der Waals surface area contributed by atoms with E-state index in [4.69, 9.17) is 19.2 Å². The smallest absolute Gasteiger partial charge is 0.257 e. The average Bonchev–Trinajstić information content (AvgIpc) is 3.04. The van der Waals surface area contributed by atoms with E-state index in [0.29, 0.717) is 30.9 Å². The molecule has 1 atom stereocenters. The SMILES string of the molecule is COc1ccc2c(c1)C(N1CCN(C(=O)c3ccccc3OC)[C@H](C)C1)=Nc1ccc(C)cc1O2. The van der Waals surface area contributed by atoms with Crippen LogP contribution >= 0.6 is 0 Å². The Morgan fingerprint density at radius 3 is 2.60 bits per heavy atom. The Labute approximate surface area is 205 Å². The van der Waals surface area contributed by atoms with Gasteiger partial charge in [-0.1, -0.05) is 18.2 Å². The van der Waals surface area contributed by atoms with Crippen molar-refractivity contribution in [2.45, 2.75) is 19.9 Å². The fourth-order valence-corrected chi connectivity index (χ4v) is 4.66. The number of benzene rings is 3. The van der Waals surface area contributed by atoms with Crippen molar-refractivity contribution < 1.29 is 19.0 Å². The number of carbonyl (C=O) groups excluding carboxylic acids is 1. The van der Waals surface area contributed by atoms with Gasteiger partial charge in [0.05, 0.1) is 25.3 Å². The molecule has 7 heteroatoms. The zero-order valence-corrected chi connectivity index (χ0v) is 20.4. The summed E-state index contributed by atoms with van der Waals surface area (Å²) in [5.74, 6) is 3.57. The Balaban J connectivity index is 1.48. The van der Waals surface area contributed by atoms with Gasteiger partial charge in [-0.25, -0.2) is 4.99 Å². The van der Waals surface area contributed by atoms with E-state index in [1.54, 1.807) is 14.2 Å². The predicted octanol–water partition coefficient (Wildman–Crippen LogP) is 5.04. The number of amidine groups is 1. The Morgan fingerprint density at radius 2 is 1.83 bits per heavy atom. The number of piperazine rings is 1. The molecule has 0 spiro atoms. The standard InChI is InChI=1S/C28H29N3O4/c1-18-9-11-23-26(15-18)35-25-12-10-20(33-3)16-22(25)27(29-23)30-13-14-31(19(2)17-30)28(32)21-7-5-6-8-24(21)34-4/h5-12,15-16,19H,13-14,17H2,1-4H3/t19-/m1/s1. The molecular weight excluding hydrogens is 442 g/mol. The second-order valence-corrected chi connectivity index (χ2v) is 8.86. The molecule has 0 bridgehead atoms. The molecule has 1 amide bonds. The topological polar surface area (TPSA) is 63.6 Å². The molecule has 2 aliphatic heterocycles. The van der Waals surface area contributed by atoms with E-state index in [9.17, 15) is 4.79 Å². The number of amides is 1. The maximum atomic E-state index is 13.4. The summed E-state index contributed by atoms with van der Waals surface area (Å²) in [7, 11) is 3.24. The number of para-hydroxylation sites is 1. The molecule has 0 saturated carbocycles. The first kappa shape index (κ1) is 22.8. The van der Waals surface area contributed by atoms with Crippen molar-refractivity contribution in [1.29, 1.82) is 0 Å². The van der Waals surface area contributed by atoms with Gasteiger partial charge in [0.2, 0.25) is 0 Å². The zero-order chi connectivity index (χ0) is 24.5. The Bertz CT molecular complexity index is 1300. The van der Waals surface area contributed by atoms with Crippen molar-refractivity contribution >= 4 is 17.4 Å². The molecule has 2 aliphatic rings. The Morgan fingerprint density at radius 1 is 1.00 bits per heavy atom. The summed E-state index contributed by atoms with van der Waals surface area (Å²) in [6, 6.07) is 19.1. The first-order valence-corrected chi connectivity index (χ1v) is 11.7. The summed E-state index contributed by atoms with van der Waals surface area (Å²) >= 11 is 0. The molecular formula is C28H29N3O4. The molecule has 0 radical (unpaired) electrons. The molecule has 5 rings (SSSR count). The number of aryl methyl sites for hydroxylation is 1. The first-order chi connectivity index (χ1) is 17.0. The number of nitrogens with zero attached hydrogens (tertiary/aromatic N) is 3. The van der Waals surface area contributed by atoms with Gasteiger partial charge < -0.3 is 24.0 Å². The quantitative estimate of drug-likeness (QED) is 0.535. The Kier molecular flexibility index (Phi) is 6.07. The largest absolute Gasteiger partial charge is 0.497 e. The van der Waals surface area contributed by atoms with Crippen molar-refractivity contribution in [1.82, 2.24) is 9.80 Å². The van der Waals surface area contributed by atoms with Crippen molar-refractivity contribution in [3.05, 3.63) is 77.4 Å². The number of rotatable bonds is 3. The van der Waals surface area contributed by atoms with Crippen LogP contribution in [0.4, 0.5) is 5.69 Å². The average molecular weight is 472 g/mol. The van der Waals surface area contributed by atoms with Crippen molar-refractivity contribution in [2.75, 3.05) is 33.9 Å². The van der Waals surface area contributed by atoms with E-state index in [-0.39, 0.29) is 11.9 Å². The Hall–Kier alpha value is -4.00. The van der Waals surface area contributed by atoms with E-state index in [1.807, 2.05) is 72.5 Å². The van der Waals surface area contributed by atoms with Gasteiger partial charge in [-0.2, -0.15) is 0 Å². The van der Waals surface area contributed by atoms with Crippen LogP contribution in [0.5, 0.6) is 23.0 Å². The maximum absolute atomic E-state index is 13.4. The summed E-state index contributed by atoms with van der Waals surface area (Å²) in [4.78, 5) is 22.6. The second-order valence-electron chi connectivity index (χ2n) is 8.86. The van der Waals surface area contributed by atoms with Crippen LogP contribution in [-0.2, 0) is 0 Å². The van der Waals surface area contributed by atoms with Gasteiger partial charge in [-0.3, -0.25) is 4.79 Å². The third-order valence-corrected chi connectivity index (χ3v) is 6.51. The van der Waals surface area contributed by atoms with Gasteiger partial charge in [0.1, 0.15) is 28.8 Å². The highest BCUT2D eigenvalue weighted by atomic mass is 16.5. The number of fused-ring (bicyclic) bond motifs is 2. The highest BCUT2D eigenvalue weighted by Gasteiger charge is 2.33. The third-order valence-electron chi connectivity index (χ3n) is 6.51. The van der Waals surface area contributed by atoms with Gasteiger partial charge in [0, 0.05) is 25.7 Å². The normalized spacial score (nSPS) is 16.9. The van der Waals surface area contributed by atoms with Gasteiger partial charge in [0.25, 0.3) is 5.91 Å². The van der Waals surface area contributed by atoms with Crippen LogP contribution in [0.15, 0.2) is 65.7 Å². The van der Waals surface area contributed by atoms with Crippen LogP contribution in [0.2, 0.25) is 0 Å². The van der Waals surface area contributed by atoms with E-state index >= 15 is 0 Å². The molecule has 1 fully saturated rings. The van der Waals surface area contributed by atoms with Crippen molar-refractivity contribution in [2.24, 2.45) is 4.99 Å². The fraction of sp³-hybridized carbons (Fsp3) is 0.286. The molecule has 3 aromatic rings. The lowest BCUT2D eigenvalue weighted by Crippen LogP contribution is -2.55. The first-order valence-electron chi connectivity index (χ1n) is 11.7. The molecule has 2 heterocycles. The van der Waals surface area contributed by atoms with Crippen LogP contribution in [0.3, 0.4) is 0 Å². The number of aliphatic imine (C=N–C) groups is 1. The fourth-order valence-electron chi connectivity index (χ4n) is 4.66. The van der Waals surface area contributed by atoms with Gasteiger partial charge in [-0.15, -0.1) is 0 Å². The molecule has 1 saturated heterocycles. The number of ether oxygens (including phenoxy) is 3. The zero-order valence-electron chi connectivity index (χ0n) is 20.4. The van der Waals surface area contributed by atoms with Crippen LogP contribution in [-0.4, -0.2) is 61.4 Å². The minimum atomic E-state index is -0.0282. The lowest BCUT2D eigenvalue weighted by molar-refractivity contribution is 0.0578. The second kappa shape index (κ2) is 9.33. The van der Waals surface area contributed by atoms with E-state index in [1.165, 1.54) is 0 Å². The lowest BCUT2D eigenvalue weighted by Gasteiger charge is -2.41. The minimum absolute atomic E-state index is 0.0244. The summed E-state index contributed by atoms with van der Waals surface area (Å²) in [6.07, 6.45) is 0. The molecule has 0 aliphatic carbocycles. The molecule has 3 aromatic carbocycles. The number of hydrogen-bond donors (Lipinski definition) is 0. The van der Waals surface area contributed by atoms with Crippen molar-refractivity contribution in [3.8, 4) is 23.0 Å². The van der Waals surface area contributed by atoms with Gasteiger partial charge in [-0.05, 0) is 61.9 Å². The maximum Gasteiger partial charge on any atom is 0.257 e. The van der Waals surface area contributed by atoms with Crippen LogP contribution in [0, 0.1) is 6.92 Å². The number of methoxy groups -OCH3 is 2. The molecule has 35 heavy (non-hydrogen) atoms. The summed E-state index contributed by atoms with van der Waals surface area (Å²) < 4.78 is 17.2. The minimum Gasteiger partial charge on any atom is -0.497 e. The van der Waals surface area contributed by atoms with Crippen LogP contribution < -0.4 is 14.2 Å². The van der Waals surface area contributed by atoms with Gasteiger partial charge in [0.15, 0.2) is 5.75 Å². The predicted molar refractivity (Wildman–Crippen MR) is 136 cm³/mol. The lowest BCUT2D eigenvalue weighted by atomic mass is 10.1. The van der Waals surface area contributed by atoms with Crippen molar-refractivity contribution in [3.63, 3.8) is 0 Å². The molecule has 7 nitrogen and oxygen atoms in total. The highest BCUT2D eigenvalue weighted by Crippen LogP contribution is 2.40. The molecule has 0 unspecified atom stereocenters. The van der Waals surface area contributed by atoms with Crippen LogP contribution in [0.1, 0.15) is 28.4 Å². The molecule has 0 aromatic heterocycles. The van der Waals surface area contributed by atoms with Crippen LogP contribution in [0.25, 0.3) is 0 Å². The van der Waals surface area contributed by atoms with Gasteiger partial charge >= 0.3 is 0 Å².